The lowest BCUT2D eigenvalue weighted by Crippen LogP contribution is -2.33. The van der Waals surface area contributed by atoms with E-state index in [-0.39, 0.29) is 11.8 Å². The van der Waals surface area contributed by atoms with E-state index in [2.05, 4.69) is 36.6 Å². The summed E-state index contributed by atoms with van der Waals surface area (Å²) in [4.78, 5) is 23.8. The average Bonchev–Trinajstić information content (AvgIpc) is 2.69. The number of hydrogen-bond acceptors (Lipinski definition) is 3. The van der Waals surface area contributed by atoms with E-state index in [9.17, 15) is 9.59 Å². The maximum atomic E-state index is 12.0. The summed E-state index contributed by atoms with van der Waals surface area (Å²) in [7, 11) is 1.58. The van der Waals surface area contributed by atoms with Crippen molar-refractivity contribution in [3.05, 3.63) is 71.3 Å². The lowest BCUT2D eigenvalue weighted by Gasteiger charge is -2.07. The van der Waals surface area contributed by atoms with E-state index in [0.29, 0.717) is 30.3 Å². The van der Waals surface area contributed by atoms with Crippen LogP contribution in [0.2, 0.25) is 0 Å². The van der Waals surface area contributed by atoms with Crippen LogP contribution in [-0.2, 0) is 4.79 Å². The highest BCUT2D eigenvalue weighted by Gasteiger charge is 2.05. The number of methoxy groups -OCH3 is 1. The standard InChI is InChI=1S/C22H26N2O3/c1-16(2)18-7-4-17(5-8-18)6-13-21(25)23-14-15-24-22(26)19-9-11-20(27-3)12-10-19/h4-13,16H,14-15H2,1-3H3,(H,23,25)(H,24,26). The number of benzene rings is 2. The molecule has 5 heteroatoms. The SMILES string of the molecule is COc1ccc(C(=O)NCCNC(=O)C=Cc2ccc(C(C)C)cc2)cc1. The Balaban J connectivity index is 1.71. The summed E-state index contributed by atoms with van der Waals surface area (Å²) in [5, 5.41) is 5.51. The predicted molar refractivity (Wildman–Crippen MR) is 108 cm³/mol. The van der Waals surface area contributed by atoms with E-state index >= 15 is 0 Å². The number of carbonyl (C=O) groups excluding carboxylic acids is 2. The molecule has 0 saturated carbocycles. The van der Waals surface area contributed by atoms with Crippen molar-refractivity contribution in [3.63, 3.8) is 0 Å². The van der Waals surface area contributed by atoms with Gasteiger partial charge in [0.2, 0.25) is 5.91 Å². The number of nitrogens with one attached hydrogen (secondary N) is 2. The van der Waals surface area contributed by atoms with Crippen molar-refractivity contribution in [3.8, 4) is 5.75 Å². The smallest absolute Gasteiger partial charge is 0.251 e. The topological polar surface area (TPSA) is 67.4 Å². The molecule has 0 aromatic heterocycles. The number of hydrogen-bond donors (Lipinski definition) is 2. The van der Waals surface area contributed by atoms with E-state index in [4.69, 9.17) is 4.74 Å². The summed E-state index contributed by atoms with van der Waals surface area (Å²) in [5.74, 6) is 0.804. The molecule has 0 aliphatic heterocycles. The van der Waals surface area contributed by atoms with Gasteiger partial charge in [0.1, 0.15) is 5.75 Å². The maximum absolute atomic E-state index is 12.0. The molecule has 2 N–H and O–H groups in total. The number of ether oxygens (including phenoxy) is 1. The van der Waals surface area contributed by atoms with Crippen molar-refractivity contribution in [2.75, 3.05) is 20.2 Å². The highest BCUT2D eigenvalue weighted by atomic mass is 16.5. The second kappa shape index (κ2) is 10.2. The molecule has 2 amide bonds. The number of rotatable bonds is 8. The molecule has 0 heterocycles. The highest BCUT2D eigenvalue weighted by Crippen LogP contribution is 2.15. The van der Waals surface area contributed by atoms with E-state index in [1.54, 1.807) is 37.5 Å². The summed E-state index contributed by atoms with van der Waals surface area (Å²) in [6.07, 6.45) is 3.27. The number of carbonyl (C=O) groups is 2. The summed E-state index contributed by atoms with van der Waals surface area (Å²) >= 11 is 0. The first-order chi connectivity index (χ1) is 13.0. The van der Waals surface area contributed by atoms with Crippen LogP contribution in [0.15, 0.2) is 54.6 Å². The van der Waals surface area contributed by atoms with Crippen molar-refractivity contribution in [1.82, 2.24) is 10.6 Å². The van der Waals surface area contributed by atoms with E-state index in [1.165, 1.54) is 11.6 Å². The third kappa shape index (κ3) is 6.62. The molecule has 0 radical (unpaired) electrons. The molecule has 0 spiro atoms. The minimum atomic E-state index is -0.193. The van der Waals surface area contributed by atoms with Crippen molar-refractivity contribution >= 4 is 17.9 Å². The predicted octanol–water partition coefficient (Wildman–Crippen LogP) is 3.38. The van der Waals surface area contributed by atoms with Crippen LogP contribution in [0.25, 0.3) is 6.08 Å². The fourth-order valence-corrected chi connectivity index (χ4v) is 2.43. The lowest BCUT2D eigenvalue weighted by molar-refractivity contribution is -0.116. The Morgan fingerprint density at radius 3 is 2.19 bits per heavy atom. The van der Waals surface area contributed by atoms with Gasteiger partial charge in [-0.05, 0) is 47.4 Å². The largest absolute Gasteiger partial charge is 0.497 e. The van der Waals surface area contributed by atoms with Gasteiger partial charge in [-0.2, -0.15) is 0 Å². The molecule has 2 aromatic carbocycles. The summed E-state index contributed by atoms with van der Waals surface area (Å²) < 4.78 is 5.06. The molecule has 27 heavy (non-hydrogen) atoms. The van der Waals surface area contributed by atoms with Gasteiger partial charge < -0.3 is 15.4 Å². The second-order valence-electron chi connectivity index (χ2n) is 6.43. The van der Waals surface area contributed by atoms with E-state index < -0.39 is 0 Å². The second-order valence-corrected chi connectivity index (χ2v) is 6.43. The Bertz CT molecular complexity index is 778. The van der Waals surface area contributed by atoms with Crippen LogP contribution >= 0.6 is 0 Å². The molecule has 0 aliphatic carbocycles. The Morgan fingerprint density at radius 1 is 0.963 bits per heavy atom. The zero-order valence-electron chi connectivity index (χ0n) is 16.0. The van der Waals surface area contributed by atoms with E-state index in [0.717, 1.165) is 5.56 Å². The zero-order valence-corrected chi connectivity index (χ0v) is 16.0. The van der Waals surface area contributed by atoms with E-state index in [1.807, 2.05) is 12.1 Å². The van der Waals surface area contributed by atoms with Gasteiger partial charge in [-0.15, -0.1) is 0 Å². The van der Waals surface area contributed by atoms with Crippen molar-refractivity contribution in [1.29, 1.82) is 0 Å². The molecular weight excluding hydrogens is 340 g/mol. The quantitative estimate of drug-likeness (QED) is 0.556. The van der Waals surface area contributed by atoms with Gasteiger partial charge in [-0.1, -0.05) is 38.1 Å². The van der Waals surface area contributed by atoms with Crippen LogP contribution in [0, 0.1) is 0 Å². The van der Waals surface area contributed by atoms with Crippen LogP contribution in [-0.4, -0.2) is 32.0 Å². The molecule has 5 nitrogen and oxygen atoms in total. The van der Waals surface area contributed by atoms with Crippen molar-refractivity contribution < 1.29 is 14.3 Å². The van der Waals surface area contributed by atoms with Crippen molar-refractivity contribution in [2.24, 2.45) is 0 Å². The Morgan fingerprint density at radius 2 is 1.59 bits per heavy atom. The molecule has 0 saturated heterocycles. The van der Waals surface area contributed by atoms with Crippen LogP contribution in [0.4, 0.5) is 0 Å². The lowest BCUT2D eigenvalue weighted by atomic mass is 10.0. The minimum absolute atomic E-state index is 0.187. The van der Waals surface area contributed by atoms with Gasteiger partial charge in [-0.3, -0.25) is 9.59 Å². The molecule has 0 aliphatic rings. The van der Waals surface area contributed by atoms with Gasteiger partial charge in [-0.25, -0.2) is 0 Å². The zero-order chi connectivity index (χ0) is 19.6. The average molecular weight is 366 g/mol. The molecule has 2 aromatic rings. The first-order valence-corrected chi connectivity index (χ1v) is 8.97. The molecule has 0 fully saturated rings. The fraction of sp³-hybridized carbons (Fsp3) is 0.273. The summed E-state index contributed by atoms with van der Waals surface area (Å²) in [6, 6.07) is 15.0. The molecular formula is C22H26N2O3. The summed E-state index contributed by atoms with van der Waals surface area (Å²) in [6.45, 7) is 5.00. The van der Waals surface area contributed by atoms with Crippen LogP contribution in [0.5, 0.6) is 5.75 Å². The first-order valence-electron chi connectivity index (χ1n) is 8.97. The van der Waals surface area contributed by atoms with Crippen LogP contribution in [0.1, 0.15) is 41.3 Å². The Kier molecular flexibility index (Phi) is 7.62. The molecule has 2 rings (SSSR count). The maximum Gasteiger partial charge on any atom is 0.251 e. The van der Waals surface area contributed by atoms with Gasteiger partial charge >= 0.3 is 0 Å². The fourth-order valence-electron chi connectivity index (χ4n) is 2.43. The Labute approximate surface area is 160 Å². The van der Waals surface area contributed by atoms with Gasteiger partial charge in [0.25, 0.3) is 5.91 Å². The van der Waals surface area contributed by atoms with Gasteiger partial charge in [0.05, 0.1) is 7.11 Å². The number of amides is 2. The normalized spacial score (nSPS) is 10.8. The van der Waals surface area contributed by atoms with Crippen LogP contribution in [0.3, 0.4) is 0 Å². The van der Waals surface area contributed by atoms with Gasteiger partial charge in [0, 0.05) is 24.7 Å². The van der Waals surface area contributed by atoms with Crippen LogP contribution < -0.4 is 15.4 Å². The minimum Gasteiger partial charge on any atom is -0.497 e. The molecule has 0 bridgehead atoms. The Hall–Kier alpha value is -3.08. The molecule has 0 atom stereocenters. The summed E-state index contributed by atoms with van der Waals surface area (Å²) in [5.41, 5.74) is 2.79. The monoisotopic (exact) mass is 366 g/mol. The third-order valence-electron chi connectivity index (χ3n) is 4.09. The molecule has 0 unspecified atom stereocenters. The molecule has 142 valence electrons. The first kappa shape index (κ1) is 20.2. The third-order valence-corrected chi connectivity index (χ3v) is 4.09. The van der Waals surface area contributed by atoms with Crippen molar-refractivity contribution in [2.45, 2.75) is 19.8 Å². The van der Waals surface area contributed by atoms with Gasteiger partial charge in [0.15, 0.2) is 0 Å². The highest BCUT2D eigenvalue weighted by molar-refractivity contribution is 5.94.